The predicted octanol–water partition coefficient (Wildman–Crippen LogP) is 1.22. The molecule has 0 radical (unpaired) electrons. The third-order valence-corrected chi connectivity index (χ3v) is 3.62. The molecular weight excluding hydrogens is 242 g/mol. The molecular formula is C14H23N3O2. The van der Waals surface area contributed by atoms with Crippen LogP contribution >= 0.6 is 0 Å². The van der Waals surface area contributed by atoms with E-state index >= 15 is 0 Å². The fraction of sp³-hybridized carbons (Fsp3) is 0.714. The summed E-state index contributed by atoms with van der Waals surface area (Å²) < 4.78 is 1.66. The van der Waals surface area contributed by atoms with E-state index < -0.39 is 0 Å². The van der Waals surface area contributed by atoms with Gasteiger partial charge in [0, 0.05) is 13.6 Å². The van der Waals surface area contributed by atoms with Crippen LogP contribution in [0.2, 0.25) is 0 Å². The highest BCUT2D eigenvalue weighted by Gasteiger charge is 2.30. The smallest absolute Gasteiger partial charge is 0.272 e. The zero-order valence-electron chi connectivity index (χ0n) is 12.0. The number of carbonyl (C=O) groups excluding carboxylic acids is 1. The summed E-state index contributed by atoms with van der Waals surface area (Å²) in [4.78, 5) is 14.3. The average molecular weight is 265 g/mol. The van der Waals surface area contributed by atoms with Gasteiger partial charge in [-0.25, -0.2) is 0 Å². The summed E-state index contributed by atoms with van der Waals surface area (Å²) in [5.41, 5.74) is 1.58. The fourth-order valence-electron chi connectivity index (χ4n) is 2.68. The van der Waals surface area contributed by atoms with Gasteiger partial charge in [-0.3, -0.25) is 9.48 Å². The van der Waals surface area contributed by atoms with E-state index in [4.69, 9.17) is 0 Å². The quantitative estimate of drug-likeness (QED) is 0.890. The predicted molar refractivity (Wildman–Crippen MR) is 72.9 cm³/mol. The van der Waals surface area contributed by atoms with Crippen molar-refractivity contribution in [3.63, 3.8) is 0 Å². The third-order valence-electron chi connectivity index (χ3n) is 3.62. The van der Waals surface area contributed by atoms with E-state index in [9.17, 15) is 9.90 Å². The van der Waals surface area contributed by atoms with E-state index in [0.717, 1.165) is 31.5 Å². The second kappa shape index (κ2) is 5.74. The summed E-state index contributed by atoms with van der Waals surface area (Å²) in [5, 5.41) is 13.7. The Morgan fingerprint density at radius 3 is 2.95 bits per heavy atom. The van der Waals surface area contributed by atoms with Gasteiger partial charge in [-0.05, 0) is 31.2 Å². The summed E-state index contributed by atoms with van der Waals surface area (Å²) in [6.45, 7) is 5.05. The van der Waals surface area contributed by atoms with E-state index in [1.165, 1.54) is 0 Å². The lowest BCUT2D eigenvalue weighted by molar-refractivity contribution is 0.0666. The number of aliphatic hydroxyl groups excluding tert-OH is 1. The highest BCUT2D eigenvalue weighted by atomic mass is 16.3. The van der Waals surface area contributed by atoms with Crippen LogP contribution in [0, 0.1) is 5.92 Å². The van der Waals surface area contributed by atoms with Crippen LogP contribution in [-0.2, 0) is 13.5 Å². The number of aryl methyl sites for hydroxylation is 1. The highest BCUT2D eigenvalue weighted by molar-refractivity contribution is 5.93. The van der Waals surface area contributed by atoms with E-state index in [2.05, 4.69) is 18.9 Å². The molecule has 0 spiro atoms. The average Bonchev–Trinajstić information content (AvgIpc) is 2.94. The van der Waals surface area contributed by atoms with Gasteiger partial charge in [0.1, 0.15) is 5.69 Å². The summed E-state index contributed by atoms with van der Waals surface area (Å²) in [5.74, 6) is 0.511. The number of amides is 1. The van der Waals surface area contributed by atoms with E-state index in [1.807, 2.05) is 6.07 Å². The molecule has 1 aliphatic rings. The molecule has 0 aromatic carbocycles. The number of aromatic nitrogens is 2. The standard InChI is InChI=1S/C14H23N3O2/c1-10(2)7-11-8-13(16(3)15-11)14(19)17-6-4-5-12(17)9-18/h8,10,12,18H,4-7,9H2,1-3H3/t12-/m1/s1. The molecule has 1 N–H and O–H groups in total. The van der Waals surface area contributed by atoms with Gasteiger partial charge in [0.15, 0.2) is 0 Å². The van der Waals surface area contributed by atoms with Crippen molar-refractivity contribution in [2.75, 3.05) is 13.2 Å². The van der Waals surface area contributed by atoms with Crippen LogP contribution in [0.4, 0.5) is 0 Å². The van der Waals surface area contributed by atoms with Gasteiger partial charge in [-0.2, -0.15) is 5.10 Å². The van der Waals surface area contributed by atoms with Crippen molar-refractivity contribution in [1.29, 1.82) is 0 Å². The minimum atomic E-state index is -0.0315. The third kappa shape index (κ3) is 2.97. The maximum absolute atomic E-state index is 12.5. The van der Waals surface area contributed by atoms with Crippen LogP contribution in [0.25, 0.3) is 0 Å². The molecule has 0 bridgehead atoms. The Bertz CT molecular complexity index is 454. The van der Waals surface area contributed by atoms with E-state index in [0.29, 0.717) is 11.6 Å². The van der Waals surface area contributed by atoms with Gasteiger partial charge < -0.3 is 10.0 Å². The van der Waals surface area contributed by atoms with Gasteiger partial charge >= 0.3 is 0 Å². The molecule has 1 saturated heterocycles. The minimum Gasteiger partial charge on any atom is -0.394 e. The Labute approximate surface area is 114 Å². The van der Waals surface area contributed by atoms with Gasteiger partial charge in [0.2, 0.25) is 0 Å². The molecule has 5 nitrogen and oxygen atoms in total. The zero-order valence-corrected chi connectivity index (χ0v) is 12.0. The Hall–Kier alpha value is -1.36. The van der Waals surface area contributed by atoms with Gasteiger partial charge in [0.25, 0.3) is 5.91 Å². The minimum absolute atomic E-state index is 0.0124. The maximum Gasteiger partial charge on any atom is 0.272 e. The van der Waals surface area contributed by atoms with E-state index in [1.54, 1.807) is 16.6 Å². The van der Waals surface area contributed by atoms with Crippen molar-refractivity contribution >= 4 is 5.91 Å². The van der Waals surface area contributed by atoms with E-state index in [-0.39, 0.29) is 18.6 Å². The number of hydrogen-bond donors (Lipinski definition) is 1. The number of carbonyl (C=O) groups is 1. The van der Waals surface area contributed by atoms with Gasteiger partial charge in [-0.15, -0.1) is 0 Å². The van der Waals surface area contributed by atoms with Gasteiger partial charge in [-0.1, -0.05) is 13.8 Å². The molecule has 2 heterocycles. The second-order valence-electron chi connectivity index (χ2n) is 5.72. The normalized spacial score (nSPS) is 19.4. The van der Waals surface area contributed by atoms with Crippen LogP contribution < -0.4 is 0 Å². The lowest BCUT2D eigenvalue weighted by atomic mass is 10.1. The number of likely N-dealkylation sites (tertiary alicyclic amines) is 1. The molecule has 5 heteroatoms. The van der Waals surface area contributed by atoms with Crippen molar-refractivity contribution in [2.24, 2.45) is 13.0 Å². The first kappa shape index (κ1) is 14.1. The van der Waals surface area contributed by atoms with Crippen LogP contribution in [0.15, 0.2) is 6.07 Å². The highest BCUT2D eigenvalue weighted by Crippen LogP contribution is 2.20. The zero-order chi connectivity index (χ0) is 14.0. The molecule has 0 saturated carbocycles. The number of nitrogens with zero attached hydrogens (tertiary/aromatic N) is 3. The van der Waals surface area contributed by atoms with Crippen LogP contribution in [0.3, 0.4) is 0 Å². The van der Waals surface area contributed by atoms with Crippen molar-refractivity contribution in [3.05, 3.63) is 17.5 Å². The Balaban J connectivity index is 2.17. The molecule has 1 aromatic heterocycles. The summed E-state index contributed by atoms with van der Waals surface area (Å²) >= 11 is 0. The van der Waals surface area contributed by atoms with Crippen molar-refractivity contribution in [1.82, 2.24) is 14.7 Å². The molecule has 106 valence electrons. The number of aliphatic hydroxyl groups is 1. The summed E-state index contributed by atoms with van der Waals surface area (Å²) in [7, 11) is 1.81. The topological polar surface area (TPSA) is 58.4 Å². The van der Waals surface area contributed by atoms with Crippen LogP contribution in [0.1, 0.15) is 42.9 Å². The van der Waals surface area contributed by atoms with Crippen LogP contribution in [0.5, 0.6) is 0 Å². The molecule has 1 amide bonds. The first-order valence-corrected chi connectivity index (χ1v) is 6.97. The molecule has 1 aliphatic heterocycles. The Morgan fingerprint density at radius 2 is 2.32 bits per heavy atom. The first-order valence-electron chi connectivity index (χ1n) is 6.97. The molecule has 1 atom stereocenters. The maximum atomic E-state index is 12.5. The molecule has 1 aromatic rings. The molecule has 1 fully saturated rings. The number of hydrogen-bond acceptors (Lipinski definition) is 3. The largest absolute Gasteiger partial charge is 0.394 e. The van der Waals surface area contributed by atoms with Crippen molar-refractivity contribution in [3.8, 4) is 0 Å². The van der Waals surface area contributed by atoms with Crippen LogP contribution in [-0.4, -0.2) is 44.9 Å². The van der Waals surface area contributed by atoms with Gasteiger partial charge in [0.05, 0.1) is 18.3 Å². The molecule has 0 unspecified atom stereocenters. The molecule has 19 heavy (non-hydrogen) atoms. The number of rotatable bonds is 4. The van der Waals surface area contributed by atoms with Crippen molar-refractivity contribution in [2.45, 2.75) is 39.2 Å². The summed E-state index contributed by atoms with van der Waals surface area (Å²) in [6, 6.07) is 1.85. The van der Waals surface area contributed by atoms with Crippen molar-refractivity contribution < 1.29 is 9.90 Å². The lowest BCUT2D eigenvalue weighted by Gasteiger charge is -2.22. The SMILES string of the molecule is CC(C)Cc1cc(C(=O)N2CCC[C@@H]2CO)n(C)n1. The monoisotopic (exact) mass is 265 g/mol. The Morgan fingerprint density at radius 1 is 1.58 bits per heavy atom. The molecule has 0 aliphatic carbocycles. The second-order valence-corrected chi connectivity index (χ2v) is 5.72. The summed E-state index contributed by atoms with van der Waals surface area (Å²) in [6.07, 6.45) is 2.73. The molecule has 2 rings (SSSR count). The lowest BCUT2D eigenvalue weighted by Crippen LogP contribution is -2.38. The Kier molecular flexibility index (Phi) is 4.24. The first-order chi connectivity index (χ1) is 9.02. The fourth-order valence-corrected chi connectivity index (χ4v) is 2.68.